The predicted octanol–water partition coefficient (Wildman–Crippen LogP) is 3.98. The maximum Gasteiger partial charge on any atom is 0.387 e. The molecule has 1 heterocycles. The van der Waals surface area contributed by atoms with Crippen LogP contribution < -0.4 is 10.1 Å². The minimum Gasteiger partial charge on any atom is -0.434 e. The summed E-state index contributed by atoms with van der Waals surface area (Å²) in [4.78, 5) is 38.9. The van der Waals surface area contributed by atoms with Crippen LogP contribution in [0.3, 0.4) is 0 Å². The summed E-state index contributed by atoms with van der Waals surface area (Å²) in [5, 5.41) is 2.78. The molecule has 0 bridgehead atoms. The minimum atomic E-state index is -3.04. The number of benzene rings is 2. The molecular weight excluding hydrogens is 394 g/mol. The number of nitrogens with zero attached hydrogens (tertiary/aromatic N) is 1. The smallest absolute Gasteiger partial charge is 0.387 e. The number of Topliss-reactive ketones (excluding diaryl/α,β-unsaturated/α-hetero) is 1. The van der Waals surface area contributed by atoms with Gasteiger partial charge in [0, 0.05) is 18.7 Å². The van der Waals surface area contributed by atoms with Crippen molar-refractivity contribution in [3.63, 3.8) is 0 Å². The molecule has 30 heavy (non-hydrogen) atoms. The number of hydrogen-bond donors (Lipinski definition) is 1. The van der Waals surface area contributed by atoms with Crippen molar-refractivity contribution in [3.8, 4) is 5.75 Å². The Balaban J connectivity index is 1.72. The van der Waals surface area contributed by atoms with E-state index in [1.165, 1.54) is 30.0 Å². The molecule has 1 saturated heterocycles. The van der Waals surface area contributed by atoms with E-state index in [9.17, 15) is 23.2 Å². The summed E-state index contributed by atoms with van der Waals surface area (Å²) in [5.74, 6) is -1.60. The lowest BCUT2D eigenvalue weighted by Crippen LogP contribution is -2.44. The average Bonchev–Trinajstić information content (AvgIpc) is 2.73. The summed E-state index contributed by atoms with van der Waals surface area (Å²) in [6, 6.07) is 12.5. The number of rotatable bonds is 6. The molecule has 0 spiro atoms. The third-order valence-corrected chi connectivity index (χ3v) is 4.98. The largest absolute Gasteiger partial charge is 0.434 e. The van der Waals surface area contributed by atoms with Gasteiger partial charge >= 0.3 is 6.61 Å². The van der Waals surface area contributed by atoms with Crippen LogP contribution in [0.25, 0.3) is 0 Å². The molecule has 2 aromatic rings. The number of piperidine rings is 1. The van der Waals surface area contributed by atoms with E-state index in [0.717, 1.165) is 0 Å². The third-order valence-electron chi connectivity index (χ3n) is 4.98. The molecule has 1 aliphatic heterocycles. The Bertz CT molecular complexity index is 948. The number of ether oxygens (including phenoxy) is 1. The molecule has 1 aliphatic rings. The number of amides is 2. The van der Waals surface area contributed by atoms with Crippen LogP contribution in [0.2, 0.25) is 0 Å². The van der Waals surface area contributed by atoms with E-state index in [0.29, 0.717) is 30.6 Å². The molecule has 0 aromatic heterocycles. The molecule has 1 fully saturated rings. The van der Waals surface area contributed by atoms with Gasteiger partial charge in [-0.25, -0.2) is 0 Å². The quantitative estimate of drug-likeness (QED) is 0.723. The number of carbonyl (C=O) groups is 3. The average molecular weight is 416 g/mol. The normalized spacial score (nSPS) is 16.3. The molecule has 0 aliphatic carbocycles. The molecule has 8 heteroatoms. The van der Waals surface area contributed by atoms with E-state index in [1.54, 1.807) is 30.3 Å². The number of para-hydroxylation sites is 2. The summed E-state index contributed by atoms with van der Waals surface area (Å²) < 4.78 is 29.7. The maximum absolute atomic E-state index is 12.9. The highest BCUT2D eigenvalue weighted by atomic mass is 19.3. The maximum atomic E-state index is 12.9. The van der Waals surface area contributed by atoms with Crippen LogP contribution in [0.4, 0.5) is 14.5 Å². The van der Waals surface area contributed by atoms with Gasteiger partial charge in [0.2, 0.25) is 5.91 Å². The van der Waals surface area contributed by atoms with Gasteiger partial charge in [0.15, 0.2) is 5.78 Å². The molecule has 158 valence electrons. The first-order chi connectivity index (χ1) is 14.4. The number of nitrogens with one attached hydrogen (secondary N) is 1. The molecule has 0 saturated carbocycles. The van der Waals surface area contributed by atoms with Crippen LogP contribution in [-0.4, -0.2) is 42.2 Å². The van der Waals surface area contributed by atoms with Gasteiger partial charge < -0.3 is 15.0 Å². The first-order valence-electron chi connectivity index (χ1n) is 9.60. The van der Waals surface area contributed by atoms with Crippen LogP contribution in [0.5, 0.6) is 5.75 Å². The van der Waals surface area contributed by atoms with Gasteiger partial charge in [0.05, 0.1) is 17.2 Å². The van der Waals surface area contributed by atoms with Gasteiger partial charge in [0.1, 0.15) is 5.75 Å². The summed E-state index contributed by atoms with van der Waals surface area (Å²) >= 11 is 0. The van der Waals surface area contributed by atoms with Crippen LogP contribution >= 0.6 is 0 Å². The molecule has 0 unspecified atom stereocenters. The van der Waals surface area contributed by atoms with Gasteiger partial charge in [0.25, 0.3) is 5.91 Å². The number of likely N-dealkylation sites (tertiary alicyclic amines) is 1. The Morgan fingerprint density at radius 2 is 1.73 bits per heavy atom. The number of anilines is 1. The van der Waals surface area contributed by atoms with E-state index in [2.05, 4.69) is 10.1 Å². The predicted molar refractivity (Wildman–Crippen MR) is 107 cm³/mol. The van der Waals surface area contributed by atoms with E-state index in [-0.39, 0.29) is 29.5 Å². The van der Waals surface area contributed by atoms with Crippen LogP contribution in [0.1, 0.15) is 40.5 Å². The number of ketones is 1. The Hall–Kier alpha value is -3.29. The monoisotopic (exact) mass is 416 g/mol. The molecule has 0 radical (unpaired) electrons. The Labute approximate surface area is 172 Å². The first-order valence-corrected chi connectivity index (χ1v) is 9.60. The zero-order valence-electron chi connectivity index (χ0n) is 16.4. The van der Waals surface area contributed by atoms with Gasteiger partial charge in [-0.15, -0.1) is 0 Å². The Kier molecular flexibility index (Phi) is 6.76. The van der Waals surface area contributed by atoms with Gasteiger partial charge in [-0.2, -0.15) is 8.78 Å². The van der Waals surface area contributed by atoms with E-state index >= 15 is 0 Å². The standard InChI is InChI=1S/C22H22F2N2O4/c1-14(27)16-8-2-4-10-18(16)25-20(28)15-7-6-12-26(13-15)21(29)17-9-3-5-11-19(17)30-22(23)24/h2-5,8-11,15,22H,6-7,12-13H2,1H3,(H,25,28)/t15-/m0/s1. The third kappa shape index (κ3) is 5.00. The molecule has 2 aromatic carbocycles. The molecule has 3 rings (SSSR count). The van der Waals surface area contributed by atoms with Gasteiger partial charge in [-0.1, -0.05) is 24.3 Å². The van der Waals surface area contributed by atoms with Crippen molar-refractivity contribution in [2.24, 2.45) is 5.92 Å². The summed E-state index contributed by atoms with van der Waals surface area (Å²) in [5.41, 5.74) is 0.863. The fourth-order valence-electron chi connectivity index (χ4n) is 3.52. The molecule has 1 atom stereocenters. The number of halogens is 2. The van der Waals surface area contributed by atoms with Gasteiger partial charge in [-0.3, -0.25) is 14.4 Å². The fraction of sp³-hybridized carbons (Fsp3) is 0.318. The van der Waals surface area contributed by atoms with Crippen molar-refractivity contribution < 1.29 is 27.9 Å². The second-order valence-corrected chi connectivity index (χ2v) is 7.06. The topological polar surface area (TPSA) is 75.7 Å². The van der Waals surface area contributed by atoms with Crippen molar-refractivity contribution in [2.45, 2.75) is 26.4 Å². The second kappa shape index (κ2) is 9.47. The highest BCUT2D eigenvalue weighted by Crippen LogP contribution is 2.26. The minimum absolute atomic E-state index is 0.0285. The number of hydrogen-bond acceptors (Lipinski definition) is 4. The number of alkyl halides is 2. The van der Waals surface area contributed by atoms with E-state index in [4.69, 9.17) is 0 Å². The van der Waals surface area contributed by atoms with Crippen molar-refractivity contribution in [1.29, 1.82) is 0 Å². The summed E-state index contributed by atoms with van der Waals surface area (Å²) in [7, 11) is 0. The van der Waals surface area contributed by atoms with Gasteiger partial charge in [-0.05, 0) is 44.0 Å². The molecule has 2 amide bonds. The van der Waals surface area contributed by atoms with Crippen molar-refractivity contribution >= 4 is 23.3 Å². The lowest BCUT2D eigenvalue weighted by atomic mass is 9.96. The Morgan fingerprint density at radius 3 is 2.43 bits per heavy atom. The second-order valence-electron chi connectivity index (χ2n) is 7.06. The Morgan fingerprint density at radius 1 is 1.07 bits per heavy atom. The zero-order chi connectivity index (χ0) is 21.7. The van der Waals surface area contributed by atoms with Crippen LogP contribution in [-0.2, 0) is 4.79 Å². The highest BCUT2D eigenvalue weighted by molar-refractivity contribution is 6.04. The van der Waals surface area contributed by atoms with E-state index in [1.807, 2.05) is 0 Å². The lowest BCUT2D eigenvalue weighted by molar-refractivity contribution is -0.121. The number of carbonyl (C=O) groups excluding carboxylic acids is 3. The zero-order valence-corrected chi connectivity index (χ0v) is 16.4. The van der Waals surface area contributed by atoms with Crippen LogP contribution in [0, 0.1) is 5.92 Å². The molecule has 6 nitrogen and oxygen atoms in total. The highest BCUT2D eigenvalue weighted by Gasteiger charge is 2.30. The molecule has 1 N–H and O–H groups in total. The van der Waals surface area contributed by atoms with Crippen molar-refractivity contribution in [2.75, 3.05) is 18.4 Å². The SMILES string of the molecule is CC(=O)c1ccccc1NC(=O)[C@H]1CCCN(C(=O)c2ccccc2OC(F)F)C1. The lowest BCUT2D eigenvalue weighted by Gasteiger charge is -2.32. The first kappa shape index (κ1) is 21.4. The summed E-state index contributed by atoms with van der Waals surface area (Å²) in [6.45, 7) is -1.06. The van der Waals surface area contributed by atoms with E-state index < -0.39 is 18.4 Å². The van der Waals surface area contributed by atoms with Crippen molar-refractivity contribution in [3.05, 3.63) is 59.7 Å². The summed E-state index contributed by atoms with van der Waals surface area (Å²) in [6.07, 6.45) is 1.17. The van der Waals surface area contributed by atoms with Crippen LogP contribution in [0.15, 0.2) is 48.5 Å². The van der Waals surface area contributed by atoms with Crippen molar-refractivity contribution in [1.82, 2.24) is 4.90 Å². The molecular formula is C22H22F2N2O4. The fourth-order valence-corrected chi connectivity index (χ4v) is 3.52.